The molecule has 5 heteroatoms. The summed E-state index contributed by atoms with van der Waals surface area (Å²) in [5.74, 6) is 0.424. The molecule has 1 aromatic carbocycles. The number of hydrogen-bond donors (Lipinski definition) is 2. The van der Waals surface area contributed by atoms with Crippen LogP contribution in [-0.2, 0) is 0 Å². The van der Waals surface area contributed by atoms with Crippen molar-refractivity contribution in [3.05, 3.63) is 47.9 Å². The summed E-state index contributed by atoms with van der Waals surface area (Å²) in [6.45, 7) is 4.85. The van der Waals surface area contributed by atoms with Crippen LogP contribution in [0.25, 0.3) is 0 Å². The minimum absolute atomic E-state index is 0.256. The van der Waals surface area contributed by atoms with Crippen molar-refractivity contribution in [2.45, 2.75) is 20.3 Å². The third-order valence-corrected chi connectivity index (χ3v) is 2.83. The first kappa shape index (κ1) is 14.0. The van der Waals surface area contributed by atoms with Crippen LogP contribution in [0.4, 0.5) is 11.5 Å². The summed E-state index contributed by atoms with van der Waals surface area (Å²) in [6.07, 6.45) is 4.06. The molecule has 0 saturated carbocycles. The number of amides is 1. The number of carbonyl (C=O) groups excluding carboxylic acids is 1. The molecule has 2 rings (SSSR count). The van der Waals surface area contributed by atoms with Gasteiger partial charge >= 0.3 is 0 Å². The first-order valence-electron chi connectivity index (χ1n) is 6.63. The van der Waals surface area contributed by atoms with Crippen LogP contribution in [0.5, 0.6) is 0 Å². The van der Waals surface area contributed by atoms with Gasteiger partial charge in [-0.25, -0.2) is 9.97 Å². The van der Waals surface area contributed by atoms with Crippen molar-refractivity contribution in [1.82, 2.24) is 9.97 Å². The third-order valence-electron chi connectivity index (χ3n) is 2.83. The first-order valence-corrected chi connectivity index (χ1v) is 6.63. The van der Waals surface area contributed by atoms with Crippen molar-refractivity contribution in [2.24, 2.45) is 0 Å². The van der Waals surface area contributed by atoms with Gasteiger partial charge in [-0.2, -0.15) is 0 Å². The number of aromatic nitrogens is 2. The Balaban J connectivity index is 2.04. The summed E-state index contributed by atoms with van der Waals surface area (Å²) in [5, 5.41) is 5.94. The van der Waals surface area contributed by atoms with E-state index >= 15 is 0 Å². The number of carbonyl (C=O) groups is 1. The molecule has 0 fully saturated rings. The SMILES string of the molecule is CCCNc1cnc(C(=O)Nc2ccccc2C)cn1. The fourth-order valence-corrected chi connectivity index (χ4v) is 1.69. The predicted molar refractivity (Wildman–Crippen MR) is 79.9 cm³/mol. The Morgan fingerprint density at radius 2 is 2.00 bits per heavy atom. The summed E-state index contributed by atoms with van der Waals surface area (Å²) in [6, 6.07) is 7.61. The monoisotopic (exact) mass is 270 g/mol. The summed E-state index contributed by atoms with van der Waals surface area (Å²) in [7, 11) is 0. The average Bonchev–Trinajstić information content (AvgIpc) is 2.48. The molecule has 104 valence electrons. The topological polar surface area (TPSA) is 66.9 Å². The molecular formula is C15H18N4O. The smallest absolute Gasteiger partial charge is 0.275 e. The van der Waals surface area contributed by atoms with E-state index in [-0.39, 0.29) is 5.91 Å². The zero-order valence-corrected chi connectivity index (χ0v) is 11.7. The molecule has 2 N–H and O–H groups in total. The zero-order chi connectivity index (χ0) is 14.4. The molecule has 1 amide bonds. The van der Waals surface area contributed by atoms with Gasteiger partial charge in [0.05, 0.1) is 12.4 Å². The summed E-state index contributed by atoms with van der Waals surface area (Å²) < 4.78 is 0. The molecule has 20 heavy (non-hydrogen) atoms. The molecule has 0 bridgehead atoms. The highest BCUT2D eigenvalue weighted by atomic mass is 16.1. The largest absolute Gasteiger partial charge is 0.369 e. The Labute approximate surface area is 118 Å². The molecule has 0 aliphatic rings. The van der Waals surface area contributed by atoms with Crippen molar-refractivity contribution in [3.8, 4) is 0 Å². The molecule has 0 aliphatic carbocycles. The van der Waals surface area contributed by atoms with E-state index in [9.17, 15) is 4.79 Å². The van der Waals surface area contributed by atoms with Crippen molar-refractivity contribution >= 4 is 17.4 Å². The maximum Gasteiger partial charge on any atom is 0.275 e. The van der Waals surface area contributed by atoms with E-state index in [1.54, 1.807) is 6.20 Å². The Morgan fingerprint density at radius 3 is 2.65 bits per heavy atom. The highest BCUT2D eigenvalue weighted by Gasteiger charge is 2.09. The van der Waals surface area contributed by atoms with Crippen LogP contribution in [-0.4, -0.2) is 22.4 Å². The summed E-state index contributed by atoms with van der Waals surface area (Å²) >= 11 is 0. The van der Waals surface area contributed by atoms with Crippen molar-refractivity contribution in [2.75, 3.05) is 17.2 Å². The number of hydrogen-bond acceptors (Lipinski definition) is 4. The van der Waals surface area contributed by atoms with Crippen LogP contribution in [0.2, 0.25) is 0 Å². The highest BCUT2D eigenvalue weighted by Crippen LogP contribution is 2.14. The maximum absolute atomic E-state index is 12.1. The lowest BCUT2D eigenvalue weighted by molar-refractivity contribution is 0.102. The molecule has 0 atom stereocenters. The number of anilines is 2. The van der Waals surface area contributed by atoms with Crippen LogP contribution in [0.3, 0.4) is 0 Å². The lowest BCUT2D eigenvalue weighted by Crippen LogP contribution is -2.15. The Morgan fingerprint density at radius 1 is 1.20 bits per heavy atom. The second kappa shape index (κ2) is 6.65. The van der Waals surface area contributed by atoms with Gasteiger partial charge in [0.25, 0.3) is 5.91 Å². The zero-order valence-electron chi connectivity index (χ0n) is 11.7. The molecule has 0 aliphatic heterocycles. The lowest BCUT2D eigenvalue weighted by atomic mass is 10.2. The van der Waals surface area contributed by atoms with Crippen LogP contribution >= 0.6 is 0 Å². The third kappa shape index (κ3) is 3.54. The Bertz CT molecular complexity index is 581. The van der Waals surface area contributed by atoms with E-state index in [0.29, 0.717) is 11.5 Å². The summed E-state index contributed by atoms with van der Waals surface area (Å²) in [4.78, 5) is 20.3. The lowest BCUT2D eigenvalue weighted by Gasteiger charge is -2.08. The Kier molecular flexibility index (Phi) is 4.65. The molecule has 5 nitrogen and oxygen atoms in total. The molecule has 0 unspecified atom stereocenters. The van der Waals surface area contributed by atoms with E-state index in [2.05, 4.69) is 27.5 Å². The minimum Gasteiger partial charge on any atom is -0.369 e. The van der Waals surface area contributed by atoms with Crippen LogP contribution < -0.4 is 10.6 Å². The van der Waals surface area contributed by atoms with E-state index < -0.39 is 0 Å². The number of nitrogens with zero attached hydrogens (tertiary/aromatic N) is 2. The maximum atomic E-state index is 12.1. The number of rotatable bonds is 5. The van der Waals surface area contributed by atoms with Gasteiger partial charge < -0.3 is 10.6 Å². The predicted octanol–water partition coefficient (Wildman–Crippen LogP) is 2.86. The van der Waals surface area contributed by atoms with Crippen molar-refractivity contribution in [1.29, 1.82) is 0 Å². The first-order chi connectivity index (χ1) is 9.70. The second-order valence-corrected chi connectivity index (χ2v) is 4.48. The molecular weight excluding hydrogens is 252 g/mol. The van der Waals surface area contributed by atoms with Crippen molar-refractivity contribution in [3.63, 3.8) is 0 Å². The highest BCUT2D eigenvalue weighted by molar-refractivity contribution is 6.03. The Hall–Kier alpha value is -2.43. The number of benzene rings is 1. The van der Waals surface area contributed by atoms with Crippen molar-refractivity contribution < 1.29 is 4.79 Å². The van der Waals surface area contributed by atoms with Gasteiger partial charge in [0.1, 0.15) is 11.5 Å². The van der Waals surface area contributed by atoms with Gasteiger partial charge in [0.2, 0.25) is 0 Å². The molecule has 0 spiro atoms. The number of para-hydroxylation sites is 1. The second-order valence-electron chi connectivity index (χ2n) is 4.48. The number of aryl methyl sites for hydroxylation is 1. The van der Waals surface area contributed by atoms with Crippen LogP contribution in [0.1, 0.15) is 29.4 Å². The molecule has 0 saturated heterocycles. The average molecular weight is 270 g/mol. The molecule has 2 aromatic rings. The van der Waals surface area contributed by atoms with E-state index in [1.807, 2.05) is 31.2 Å². The van der Waals surface area contributed by atoms with Gasteiger partial charge in [-0.15, -0.1) is 0 Å². The molecule has 1 heterocycles. The van der Waals surface area contributed by atoms with Gasteiger partial charge in [-0.3, -0.25) is 4.79 Å². The van der Waals surface area contributed by atoms with Gasteiger partial charge in [0, 0.05) is 12.2 Å². The van der Waals surface area contributed by atoms with Crippen LogP contribution in [0.15, 0.2) is 36.7 Å². The van der Waals surface area contributed by atoms with E-state index in [1.165, 1.54) is 6.20 Å². The number of nitrogens with one attached hydrogen (secondary N) is 2. The van der Waals surface area contributed by atoms with E-state index in [0.717, 1.165) is 24.2 Å². The normalized spacial score (nSPS) is 10.1. The fraction of sp³-hybridized carbons (Fsp3) is 0.267. The standard InChI is InChI=1S/C15H18N4O/c1-3-8-16-14-10-17-13(9-18-14)15(20)19-12-7-5-4-6-11(12)2/h4-7,9-10H,3,8H2,1-2H3,(H,16,18)(H,19,20). The van der Waals surface area contributed by atoms with Gasteiger partial charge in [0.15, 0.2) is 0 Å². The quantitative estimate of drug-likeness (QED) is 0.876. The van der Waals surface area contributed by atoms with Gasteiger partial charge in [-0.05, 0) is 25.0 Å². The fourth-order valence-electron chi connectivity index (χ4n) is 1.69. The van der Waals surface area contributed by atoms with E-state index in [4.69, 9.17) is 0 Å². The van der Waals surface area contributed by atoms with Crippen LogP contribution in [0, 0.1) is 6.92 Å². The summed E-state index contributed by atoms with van der Waals surface area (Å²) in [5.41, 5.74) is 2.10. The molecule has 0 radical (unpaired) electrons. The minimum atomic E-state index is -0.256. The van der Waals surface area contributed by atoms with Gasteiger partial charge in [-0.1, -0.05) is 25.1 Å². The molecule has 1 aromatic heterocycles.